The predicted molar refractivity (Wildman–Crippen MR) is 61.5 cm³/mol. The van der Waals surface area contributed by atoms with E-state index in [9.17, 15) is 13.2 Å². The predicted octanol–water partition coefficient (Wildman–Crippen LogP) is -1.25. The fourth-order valence-corrected chi connectivity index (χ4v) is 2.24. The molecule has 1 aliphatic rings. The molecule has 0 aromatic rings. The minimum absolute atomic E-state index is 0.0571. The summed E-state index contributed by atoms with van der Waals surface area (Å²) in [6.07, 6.45) is 1.82. The molecule has 0 spiro atoms. The molecule has 6 nitrogen and oxygen atoms in total. The zero-order chi connectivity index (χ0) is 12.2. The van der Waals surface area contributed by atoms with E-state index in [1.807, 2.05) is 0 Å². The Balaban J connectivity index is 2.27. The minimum Gasteiger partial charge on any atom is -0.354 e. The van der Waals surface area contributed by atoms with E-state index in [1.165, 1.54) is 14.1 Å². The number of nitrogens with zero attached hydrogens (tertiary/aromatic N) is 1. The molecular weight excluding hydrogens is 230 g/mol. The van der Waals surface area contributed by atoms with Gasteiger partial charge in [0.25, 0.3) is 0 Å². The summed E-state index contributed by atoms with van der Waals surface area (Å²) >= 11 is 0. The molecule has 16 heavy (non-hydrogen) atoms. The number of hydrogen-bond acceptors (Lipinski definition) is 4. The van der Waals surface area contributed by atoms with Gasteiger partial charge in [0, 0.05) is 20.6 Å². The fourth-order valence-electron chi connectivity index (χ4n) is 1.52. The largest absolute Gasteiger partial charge is 0.354 e. The Labute approximate surface area is 96.4 Å². The summed E-state index contributed by atoms with van der Waals surface area (Å²) in [4.78, 5) is 11.5. The van der Waals surface area contributed by atoms with Crippen molar-refractivity contribution in [3.05, 3.63) is 0 Å². The highest BCUT2D eigenvalue weighted by atomic mass is 32.2. The van der Waals surface area contributed by atoms with Crippen LogP contribution in [0.4, 0.5) is 0 Å². The molecule has 0 radical (unpaired) electrons. The lowest BCUT2D eigenvalue weighted by Crippen LogP contribution is -2.42. The van der Waals surface area contributed by atoms with Gasteiger partial charge in [-0.25, -0.2) is 12.7 Å². The molecule has 1 saturated heterocycles. The van der Waals surface area contributed by atoms with Crippen molar-refractivity contribution in [1.82, 2.24) is 14.9 Å². The Morgan fingerprint density at radius 3 is 2.69 bits per heavy atom. The van der Waals surface area contributed by atoms with E-state index in [1.54, 1.807) is 0 Å². The topological polar surface area (TPSA) is 78.5 Å². The fraction of sp³-hybridized carbons (Fsp3) is 0.889. The highest BCUT2D eigenvalue weighted by molar-refractivity contribution is 7.89. The lowest BCUT2D eigenvalue weighted by Gasteiger charge is -2.13. The first-order chi connectivity index (χ1) is 7.43. The van der Waals surface area contributed by atoms with Crippen molar-refractivity contribution >= 4 is 15.9 Å². The molecule has 0 saturated carbocycles. The standard InChI is InChI=1S/C9H19N3O3S/c1-12(2)16(14,15)7-6-11-9(13)8-4-3-5-10-8/h8,10H,3-7H2,1-2H3,(H,11,13)/t8-/m0/s1. The SMILES string of the molecule is CN(C)S(=O)(=O)CCNC(=O)[C@@H]1CCCN1. The molecule has 7 heteroatoms. The molecule has 0 aliphatic carbocycles. The molecule has 2 N–H and O–H groups in total. The first kappa shape index (κ1) is 13.4. The number of sulfonamides is 1. The van der Waals surface area contributed by atoms with Crippen molar-refractivity contribution in [3.8, 4) is 0 Å². The van der Waals surface area contributed by atoms with E-state index in [-0.39, 0.29) is 24.2 Å². The molecule has 0 aromatic carbocycles. The van der Waals surface area contributed by atoms with Crippen LogP contribution in [0.3, 0.4) is 0 Å². The van der Waals surface area contributed by atoms with E-state index in [4.69, 9.17) is 0 Å². The molecular formula is C9H19N3O3S. The maximum atomic E-state index is 11.5. The Hall–Kier alpha value is -0.660. The molecule has 1 heterocycles. The summed E-state index contributed by atoms with van der Waals surface area (Å²) in [5.41, 5.74) is 0. The van der Waals surface area contributed by atoms with E-state index in [0.29, 0.717) is 0 Å². The molecule has 0 aromatic heterocycles. The average Bonchev–Trinajstić information content (AvgIpc) is 2.69. The van der Waals surface area contributed by atoms with Crippen LogP contribution in [0.1, 0.15) is 12.8 Å². The van der Waals surface area contributed by atoms with Crippen molar-refractivity contribution in [2.75, 3.05) is 32.9 Å². The second-order valence-electron chi connectivity index (χ2n) is 4.04. The van der Waals surface area contributed by atoms with Gasteiger partial charge in [-0.2, -0.15) is 0 Å². The summed E-state index contributed by atoms with van der Waals surface area (Å²) in [7, 11) is -0.256. The zero-order valence-corrected chi connectivity index (χ0v) is 10.5. The number of hydrogen-bond donors (Lipinski definition) is 2. The van der Waals surface area contributed by atoms with Crippen LogP contribution < -0.4 is 10.6 Å². The summed E-state index contributed by atoms with van der Waals surface area (Å²) < 4.78 is 23.9. The number of nitrogens with one attached hydrogen (secondary N) is 2. The van der Waals surface area contributed by atoms with Crippen LogP contribution in [0.2, 0.25) is 0 Å². The number of carbonyl (C=O) groups excluding carboxylic acids is 1. The Morgan fingerprint density at radius 1 is 1.50 bits per heavy atom. The van der Waals surface area contributed by atoms with Crippen LogP contribution >= 0.6 is 0 Å². The van der Waals surface area contributed by atoms with E-state index >= 15 is 0 Å². The van der Waals surface area contributed by atoms with Crippen molar-refractivity contribution in [2.45, 2.75) is 18.9 Å². The first-order valence-electron chi connectivity index (χ1n) is 5.35. The molecule has 1 fully saturated rings. The van der Waals surface area contributed by atoms with Gasteiger partial charge in [-0.1, -0.05) is 0 Å². The highest BCUT2D eigenvalue weighted by Crippen LogP contribution is 2.04. The minimum atomic E-state index is -3.22. The summed E-state index contributed by atoms with van der Waals surface area (Å²) in [6, 6.07) is -0.151. The lowest BCUT2D eigenvalue weighted by molar-refractivity contribution is -0.122. The van der Waals surface area contributed by atoms with Crippen molar-refractivity contribution in [3.63, 3.8) is 0 Å². The Bertz CT molecular complexity index is 334. The Morgan fingerprint density at radius 2 is 2.19 bits per heavy atom. The van der Waals surface area contributed by atoms with Crippen LogP contribution in [-0.4, -0.2) is 57.6 Å². The Kier molecular flexibility index (Phi) is 4.69. The molecule has 1 aliphatic heterocycles. The van der Waals surface area contributed by atoms with Gasteiger partial charge in [0.2, 0.25) is 15.9 Å². The zero-order valence-electron chi connectivity index (χ0n) is 9.69. The lowest BCUT2D eigenvalue weighted by atomic mass is 10.2. The smallest absolute Gasteiger partial charge is 0.237 e. The summed E-state index contributed by atoms with van der Waals surface area (Å²) in [5.74, 6) is -0.162. The summed E-state index contributed by atoms with van der Waals surface area (Å²) in [5, 5.41) is 5.68. The highest BCUT2D eigenvalue weighted by Gasteiger charge is 2.22. The van der Waals surface area contributed by atoms with E-state index < -0.39 is 10.0 Å². The van der Waals surface area contributed by atoms with E-state index in [0.717, 1.165) is 23.7 Å². The third kappa shape index (κ3) is 3.73. The van der Waals surface area contributed by atoms with Gasteiger partial charge in [-0.05, 0) is 19.4 Å². The van der Waals surface area contributed by atoms with E-state index in [2.05, 4.69) is 10.6 Å². The van der Waals surface area contributed by atoms with Gasteiger partial charge in [0.1, 0.15) is 0 Å². The van der Waals surface area contributed by atoms with Gasteiger partial charge in [0.15, 0.2) is 0 Å². The van der Waals surface area contributed by atoms with Crippen molar-refractivity contribution < 1.29 is 13.2 Å². The molecule has 1 atom stereocenters. The summed E-state index contributed by atoms with van der Waals surface area (Å²) in [6.45, 7) is 1.02. The monoisotopic (exact) mass is 249 g/mol. The van der Waals surface area contributed by atoms with Gasteiger partial charge in [-0.3, -0.25) is 4.79 Å². The van der Waals surface area contributed by atoms with Gasteiger partial charge >= 0.3 is 0 Å². The molecule has 0 bridgehead atoms. The quantitative estimate of drug-likeness (QED) is 0.638. The maximum absolute atomic E-state index is 11.5. The molecule has 1 amide bonds. The average molecular weight is 249 g/mol. The molecule has 1 rings (SSSR count). The maximum Gasteiger partial charge on any atom is 0.237 e. The van der Waals surface area contributed by atoms with Gasteiger partial charge in [-0.15, -0.1) is 0 Å². The normalized spacial score (nSPS) is 21.3. The first-order valence-corrected chi connectivity index (χ1v) is 6.96. The third-order valence-electron chi connectivity index (χ3n) is 2.59. The second-order valence-corrected chi connectivity index (χ2v) is 6.34. The van der Waals surface area contributed by atoms with Crippen LogP contribution in [0, 0.1) is 0 Å². The van der Waals surface area contributed by atoms with Crippen LogP contribution in [0.15, 0.2) is 0 Å². The number of rotatable bonds is 5. The van der Waals surface area contributed by atoms with Crippen LogP contribution in [0.5, 0.6) is 0 Å². The molecule has 94 valence electrons. The van der Waals surface area contributed by atoms with Crippen LogP contribution in [0.25, 0.3) is 0 Å². The number of amides is 1. The third-order valence-corrected chi connectivity index (χ3v) is 4.43. The molecule has 0 unspecified atom stereocenters. The van der Waals surface area contributed by atoms with Gasteiger partial charge < -0.3 is 10.6 Å². The van der Waals surface area contributed by atoms with Crippen molar-refractivity contribution in [1.29, 1.82) is 0 Å². The van der Waals surface area contributed by atoms with Crippen molar-refractivity contribution in [2.24, 2.45) is 0 Å². The van der Waals surface area contributed by atoms with Crippen LogP contribution in [-0.2, 0) is 14.8 Å². The van der Waals surface area contributed by atoms with Gasteiger partial charge in [0.05, 0.1) is 11.8 Å². The second kappa shape index (κ2) is 5.60. The number of carbonyl (C=O) groups is 1.